The number of aromatic amines is 1. The van der Waals surface area contributed by atoms with Gasteiger partial charge in [0.1, 0.15) is 40.7 Å². The number of halogens is 3. The van der Waals surface area contributed by atoms with Gasteiger partial charge in [-0.25, -0.2) is 24.4 Å². The summed E-state index contributed by atoms with van der Waals surface area (Å²) in [4.78, 5) is 56.9. The number of benzene rings is 3. The van der Waals surface area contributed by atoms with E-state index in [-0.39, 0.29) is 31.9 Å². The monoisotopic (exact) mass is 1000 g/mol. The SMILES string of the molecule is C=C(C(=O)C1CNC[C@H](n2nc(-c3ccc(Oc4ccccc4)cc3)c3c(N)ncnc32)C1)C(F)(F)OC(=O)N1[C@H](C)CN(c2nc(NCc3nc4ccc(C)cc4[nH]3)n3ncc(Br)c3n2)C[C@@H]1C. The highest BCUT2D eigenvalue weighted by Gasteiger charge is 2.47. The van der Waals surface area contributed by atoms with Crippen LogP contribution in [0.3, 0.4) is 0 Å². The number of hydrogen-bond donors (Lipinski definition) is 4. The second-order valence-electron chi connectivity index (χ2n) is 17.3. The molecule has 7 heterocycles. The number of ether oxygens (including phenoxy) is 2. The molecule has 0 saturated carbocycles. The number of piperazine rings is 1. The third-order valence-corrected chi connectivity index (χ3v) is 12.9. The number of aryl methyl sites for hydroxylation is 1. The molecule has 10 rings (SSSR count). The zero-order chi connectivity index (χ0) is 48.1. The summed E-state index contributed by atoms with van der Waals surface area (Å²) >= 11 is 3.53. The Kier molecular flexibility index (Phi) is 11.9. The molecule has 1 unspecified atom stereocenters. The molecule has 354 valence electrons. The highest BCUT2D eigenvalue weighted by molar-refractivity contribution is 9.10. The molecular formula is C47H46BrF2N15O4. The van der Waals surface area contributed by atoms with E-state index in [0.29, 0.717) is 74.7 Å². The van der Waals surface area contributed by atoms with Gasteiger partial charge in [0.2, 0.25) is 11.9 Å². The lowest BCUT2D eigenvalue weighted by Gasteiger charge is -2.44. The standard InChI is InChI=1S/C47H46BrF2N15O4/c1-25-10-15-35-36(16-25)58-37(57-35)21-53-44-60-45(59-42-34(48)20-56-65(42)44)62-22-26(2)63(27(3)23-62)46(67)69-47(49,50)28(4)40(66)30-17-31(19-52-18-30)64-43-38(41(51)54-24-55-43)39(61-64)29-11-13-33(14-12-29)68-32-8-6-5-7-9-32/h5-16,20,24,26-27,30-31,52H,4,17-19,21-23H2,1-3H3,(H,57,58)(H2,51,54,55)(H,53,59,60)/t26-,27+,30?,31-/m1/s1. The number of nitrogens with zero attached hydrogens (tertiary/aromatic N) is 11. The number of amides is 1. The summed E-state index contributed by atoms with van der Waals surface area (Å²) in [6.07, 6.45) is -2.57. The van der Waals surface area contributed by atoms with Crippen molar-refractivity contribution in [2.75, 3.05) is 42.1 Å². The molecule has 5 N–H and O–H groups in total. The highest BCUT2D eigenvalue weighted by atomic mass is 79.9. The maximum absolute atomic E-state index is 16.0. The molecule has 69 heavy (non-hydrogen) atoms. The summed E-state index contributed by atoms with van der Waals surface area (Å²) in [6.45, 7) is 10.0. The molecule has 0 radical (unpaired) electrons. The topological polar surface area (TPSA) is 225 Å². The second kappa shape index (κ2) is 18.1. The van der Waals surface area contributed by atoms with Gasteiger partial charge in [-0.05, 0) is 97.2 Å². The molecule has 5 aromatic heterocycles. The van der Waals surface area contributed by atoms with E-state index in [1.165, 1.54) is 11.2 Å². The van der Waals surface area contributed by atoms with Gasteiger partial charge in [-0.3, -0.25) is 9.69 Å². The van der Waals surface area contributed by atoms with Crippen LogP contribution in [-0.2, 0) is 16.1 Å². The van der Waals surface area contributed by atoms with Crippen molar-refractivity contribution >= 4 is 73.2 Å². The van der Waals surface area contributed by atoms with Crippen LogP contribution in [0, 0.1) is 12.8 Å². The maximum atomic E-state index is 16.0. The largest absolute Gasteiger partial charge is 0.457 e. The first kappa shape index (κ1) is 45.2. The predicted molar refractivity (Wildman–Crippen MR) is 257 cm³/mol. The van der Waals surface area contributed by atoms with Crippen molar-refractivity contribution in [2.24, 2.45) is 5.92 Å². The molecule has 8 aromatic rings. The Morgan fingerprint density at radius 1 is 0.971 bits per heavy atom. The Balaban J connectivity index is 0.800. The smallest absolute Gasteiger partial charge is 0.432 e. The summed E-state index contributed by atoms with van der Waals surface area (Å²) in [6, 6.07) is 20.9. The third-order valence-electron chi connectivity index (χ3n) is 12.4. The first-order valence-electron chi connectivity index (χ1n) is 22.2. The van der Waals surface area contributed by atoms with Crippen LogP contribution in [0.15, 0.2) is 102 Å². The van der Waals surface area contributed by atoms with Gasteiger partial charge in [-0.15, -0.1) is 0 Å². The quantitative estimate of drug-likeness (QED) is 0.0872. The minimum atomic E-state index is -4.32. The minimum Gasteiger partial charge on any atom is -0.457 e. The number of imidazole rings is 1. The Bertz CT molecular complexity index is 3240. The Morgan fingerprint density at radius 2 is 1.72 bits per heavy atom. The Hall–Kier alpha value is -7.59. The molecule has 3 aromatic carbocycles. The molecular weight excluding hydrogens is 957 g/mol. The van der Waals surface area contributed by atoms with E-state index in [1.54, 1.807) is 29.2 Å². The van der Waals surface area contributed by atoms with Gasteiger partial charge in [0.25, 0.3) is 0 Å². The number of nitrogens with two attached hydrogens (primary N) is 1. The van der Waals surface area contributed by atoms with Crippen LogP contribution >= 0.6 is 15.9 Å². The first-order chi connectivity index (χ1) is 33.2. The summed E-state index contributed by atoms with van der Waals surface area (Å²) in [5, 5.41) is 16.3. The van der Waals surface area contributed by atoms with Crippen LogP contribution < -0.4 is 26.0 Å². The van der Waals surface area contributed by atoms with Crippen molar-refractivity contribution in [3.05, 3.63) is 113 Å². The number of nitrogens with one attached hydrogen (secondary N) is 3. The average molecular weight is 1000 g/mol. The number of carbonyl (C=O) groups is 2. The summed E-state index contributed by atoms with van der Waals surface area (Å²) in [5.41, 5.74) is 10.2. The first-order valence-corrected chi connectivity index (χ1v) is 23.0. The fourth-order valence-corrected chi connectivity index (χ4v) is 9.39. The van der Waals surface area contributed by atoms with Crippen molar-refractivity contribution in [3.8, 4) is 22.8 Å². The highest BCUT2D eigenvalue weighted by Crippen LogP contribution is 2.37. The Labute approximate surface area is 401 Å². The second-order valence-corrected chi connectivity index (χ2v) is 18.2. The van der Waals surface area contributed by atoms with Crippen molar-refractivity contribution in [1.29, 1.82) is 0 Å². The summed E-state index contributed by atoms with van der Waals surface area (Å²) < 4.78 is 46.6. The number of anilines is 3. The number of Topliss-reactive ketones (excluding diaryl/α,β-unsaturated/α-hetero) is 1. The van der Waals surface area contributed by atoms with Gasteiger partial charge in [-0.1, -0.05) is 30.8 Å². The van der Waals surface area contributed by atoms with Gasteiger partial charge >= 0.3 is 12.2 Å². The number of carbonyl (C=O) groups excluding carboxylic acids is 2. The molecule has 19 nitrogen and oxygen atoms in total. The molecule has 2 saturated heterocycles. The number of piperidine rings is 1. The predicted octanol–water partition coefficient (Wildman–Crippen LogP) is 7.47. The van der Waals surface area contributed by atoms with Gasteiger partial charge in [0.15, 0.2) is 17.1 Å². The number of rotatable bonds is 12. The Morgan fingerprint density at radius 3 is 2.49 bits per heavy atom. The van der Waals surface area contributed by atoms with Crippen molar-refractivity contribution in [3.63, 3.8) is 0 Å². The number of alkyl halides is 2. The lowest BCUT2D eigenvalue weighted by atomic mass is 9.88. The number of hydrogen-bond acceptors (Lipinski definition) is 15. The molecule has 2 aliphatic heterocycles. The lowest BCUT2D eigenvalue weighted by Crippen LogP contribution is -2.60. The molecule has 2 aliphatic rings. The van der Waals surface area contributed by atoms with Crippen LogP contribution in [0.1, 0.15) is 37.7 Å². The van der Waals surface area contributed by atoms with Gasteiger partial charge in [0.05, 0.1) is 51.8 Å². The van der Waals surface area contributed by atoms with Gasteiger partial charge in [0, 0.05) is 37.7 Å². The maximum Gasteiger partial charge on any atom is 0.432 e. The van der Waals surface area contributed by atoms with Crippen LogP contribution in [0.2, 0.25) is 0 Å². The van der Waals surface area contributed by atoms with E-state index in [1.807, 2.05) is 84.6 Å². The molecule has 1 amide bonds. The van der Waals surface area contributed by atoms with Crippen molar-refractivity contribution in [1.82, 2.24) is 59.5 Å². The van der Waals surface area contributed by atoms with E-state index in [4.69, 9.17) is 30.3 Å². The number of nitrogen functional groups attached to an aromatic ring is 1. The molecule has 0 spiro atoms. The zero-order valence-corrected chi connectivity index (χ0v) is 39.2. The van der Waals surface area contributed by atoms with Crippen LogP contribution in [0.4, 0.5) is 31.3 Å². The average Bonchev–Trinajstić information content (AvgIpc) is 4.05. The molecule has 0 bridgehead atoms. The number of ketones is 1. The van der Waals surface area contributed by atoms with Crippen LogP contribution in [0.25, 0.3) is 39.0 Å². The summed E-state index contributed by atoms with van der Waals surface area (Å²) in [5.74, 6) is 1.00. The van der Waals surface area contributed by atoms with Gasteiger partial charge in [-0.2, -0.15) is 33.5 Å². The number of H-pyrrole nitrogens is 1. The normalized spacial score (nSPS) is 18.8. The molecule has 2 fully saturated rings. The lowest BCUT2D eigenvalue weighted by molar-refractivity contribution is -0.179. The minimum absolute atomic E-state index is 0.0844. The van der Waals surface area contributed by atoms with Crippen LogP contribution in [-0.4, -0.2) is 110 Å². The van der Waals surface area contributed by atoms with E-state index >= 15 is 8.78 Å². The number of para-hydroxylation sites is 1. The van der Waals surface area contributed by atoms with E-state index in [0.717, 1.165) is 16.6 Å². The van der Waals surface area contributed by atoms with Gasteiger partial charge < -0.3 is 35.7 Å². The molecule has 4 atom stereocenters. The molecule has 0 aliphatic carbocycles. The van der Waals surface area contributed by atoms with Crippen molar-refractivity contribution in [2.45, 2.75) is 58.0 Å². The number of fused-ring (bicyclic) bond motifs is 3. The zero-order valence-electron chi connectivity index (χ0n) is 37.6. The number of aromatic nitrogens is 10. The fraction of sp³-hybridized carbons (Fsp3) is 0.298. The summed E-state index contributed by atoms with van der Waals surface area (Å²) in [7, 11) is 0. The van der Waals surface area contributed by atoms with Crippen molar-refractivity contribution < 1.29 is 27.8 Å². The third kappa shape index (κ3) is 8.87. The van der Waals surface area contributed by atoms with E-state index in [2.05, 4.69) is 58.2 Å². The van der Waals surface area contributed by atoms with Crippen LogP contribution in [0.5, 0.6) is 11.5 Å². The molecule has 22 heteroatoms. The fourth-order valence-electron chi connectivity index (χ4n) is 9.04. The van der Waals surface area contributed by atoms with E-state index < -0.39 is 47.6 Å². The van der Waals surface area contributed by atoms with E-state index in [9.17, 15) is 9.59 Å².